The van der Waals surface area contributed by atoms with E-state index in [4.69, 9.17) is 4.74 Å². The second-order valence-corrected chi connectivity index (χ2v) is 7.49. The summed E-state index contributed by atoms with van der Waals surface area (Å²) >= 11 is 0. The van der Waals surface area contributed by atoms with E-state index in [0.717, 1.165) is 12.0 Å². The van der Waals surface area contributed by atoms with Gasteiger partial charge in [-0.3, -0.25) is 9.59 Å². The minimum absolute atomic E-state index is 0.0780. The third kappa shape index (κ3) is 4.23. The Balaban J connectivity index is 1.58. The molecule has 5 nitrogen and oxygen atoms in total. The average Bonchev–Trinajstić information content (AvgIpc) is 2.60. The third-order valence-corrected chi connectivity index (χ3v) is 4.41. The summed E-state index contributed by atoms with van der Waals surface area (Å²) < 4.78 is 5.55. The molecule has 0 saturated carbocycles. The van der Waals surface area contributed by atoms with Gasteiger partial charge in [-0.25, -0.2) is 0 Å². The third-order valence-electron chi connectivity index (χ3n) is 4.41. The Morgan fingerprint density at radius 3 is 2.58 bits per heavy atom. The van der Waals surface area contributed by atoms with Crippen molar-refractivity contribution in [3.8, 4) is 5.75 Å². The van der Waals surface area contributed by atoms with Crippen LogP contribution in [0.15, 0.2) is 42.5 Å². The lowest BCUT2D eigenvalue weighted by molar-refractivity contribution is -0.118. The first-order valence-corrected chi connectivity index (χ1v) is 8.77. The molecule has 0 saturated heterocycles. The predicted octanol–water partition coefficient (Wildman–Crippen LogP) is 3.29. The number of rotatable bonds is 4. The van der Waals surface area contributed by atoms with Gasteiger partial charge in [0.05, 0.1) is 0 Å². The van der Waals surface area contributed by atoms with Gasteiger partial charge in [0, 0.05) is 17.8 Å². The molecule has 5 heteroatoms. The van der Waals surface area contributed by atoms with Crippen molar-refractivity contribution in [2.45, 2.75) is 32.6 Å². The highest BCUT2D eigenvalue weighted by Gasteiger charge is 2.17. The monoisotopic (exact) mass is 352 g/mol. The average molecular weight is 352 g/mol. The molecule has 2 aromatic rings. The number of fused-ring (bicyclic) bond motifs is 1. The van der Waals surface area contributed by atoms with Crippen LogP contribution in [0.5, 0.6) is 5.75 Å². The molecule has 0 aliphatic carbocycles. The first-order valence-electron chi connectivity index (χ1n) is 8.77. The summed E-state index contributed by atoms with van der Waals surface area (Å²) in [5, 5.41) is 5.58. The predicted molar refractivity (Wildman–Crippen MR) is 102 cm³/mol. The molecule has 1 heterocycles. The van der Waals surface area contributed by atoms with Crippen LogP contribution < -0.4 is 15.4 Å². The van der Waals surface area contributed by atoms with Crippen molar-refractivity contribution in [2.75, 3.05) is 18.5 Å². The molecule has 136 valence electrons. The standard InChI is InChI=1S/C21H24N2O3/c1-21(2,3)15-5-8-17(9-6-15)26-13-19(24)23-16-7-4-14-10-11-22-20(25)18(14)12-16/h4-9,12H,10-11,13H2,1-3H3,(H,22,25)(H,23,24). The number of amides is 2. The lowest BCUT2D eigenvalue weighted by atomic mass is 9.87. The molecule has 0 fully saturated rings. The zero-order chi connectivity index (χ0) is 18.7. The van der Waals surface area contributed by atoms with Crippen LogP contribution in [0.1, 0.15) is 42.3 Å². The lowest BCUT2D eigenvalue weighted by Gasteiger charge is -2.19. The van der Waals surface area contributed by atoms with Gasteiger partial charge < -0.3 is 15.4 Å². The molecule has 2 aromatic carbocycles. The first-order chi connectivity index (χ1) is 12.3. The van der Waals surface area contributed by atoms with Crippen molar-refractivity contribution in [3.63, 3.8) is 0 Å². The van der Waals surface area contributed by atoms with Gasteiger partial charge >= 0.3 is 0 Å². The van der Waals surface area contributed by atoms with E-state index in [9.17, 15) is 9.59 Å². The smallest absolute Gasteiger partial charge is 0.262 e. The Kier molecular flexibility index (Phi) is 4.98. The van der Waals surface area contributed by atoms with Gasteiger partial charge in [0.2, 0.25) is 0 Å². The molecule has 0 aromatic heterocycles. The van der Waals surface area contributed by atoms with Crippen LogP contribution in [0.25, 0.3) is 0 Å². The number of benzene rings is 2. The fourth-order valence-corrected chi connectivity index (χ4v) is 2.89. The Morgan fingerprint density at radius 1 is 1.15 bits per heavy atom. The fourth-order valence-electron chi connectivity index (χ4n) is 2.89. The van der Waals surface area contributed by atoms with Gasteiger partial charge in [0.1, 0.15) is 5.75 Å². The van der Waals surface area contributed by atoms with Gasteiger partial charge in [-0.2, -0.15) is 0 Å². The van der Waals surface area contributed by atoms with E-state index in [-0.39, 0.29) is 23.8 Å². The molecule has 2 amide bonds. The Hall–Kier alpha value is -2.82. The Morgan fingerprint density at radius 2 is 1.88 bits per heavy atom. The largest absolute Gasteiger partial charge is 0.484 e. The summed E-state index contributed by atoms with van der Waals surface area (Å²) in [6.07, 6.45) is 0.809. The van der Waals surface area contributed by atoms with Crippen LogP contribution in [-0.2, 0) is 16.6 Å². The van der Waals surface area contributed by atoms with Crippen LogP contribution in [-0.4, -0.2) is 25.0 Å². The van der Waals surface area contributed by atoms with E-state index < -0.39 is 0 Å². The highest BCUT2D eigenvalue weighted by Crippen LogP contribution is 2.24. The molecule has 0 spiro atoms. The summed E-state index contributed by atoms with van der Waals surface area (Å²) in [6, 6.07) is 13.2. The second kappa shape index (κ2) is 7.20. The molecular weight excluding hydrogens is 328 g/mol. The van der Waals surface area contributed by atoms with Gasteiger partial charge in [0.25, 0.3) is 11.8 Å². The molecule has 0 bridgehead atoms. The number of carbonyl (C=O) groups excluding carboxylic acids is 2. The van der Waals surface area contributed by atoms with Gasteiger partial charge in [-0.1, -0.05) is 39.0 Å². The van der Waals surface area contributed by atoms with Crippen molar-refractivity contribution in [2.24, 2.45) is 0 Å². The maximum absolute atomic E-state index is 12.1. The van der Waals surface area contributed by atoms with E-state index in [2.05, 4.69) is 31.4 Å². The van der Waals surface area contributed by atoms with Gasteiger partial charge in [-0.15, -0.1) is 0 Å². The van der Waals surface area contributed by atoms with Crippen molar-refractivity contribution in [3.05, 3.63) is 59.2 Å². The van der Waals surface area contributed by atoms with E-state index in [1.807, 2.05) is 36.4 Å². The van der Waals surface area contributed by atoms with E-state index >= 15 is 0 Å². The van der Waals surface area contributed by atoms with E-state index in [1.54, 1.807) is 6.07 Å². The zero-order valence-electron chi connectivity index (χ0n) is 15.4. The summed E-state index contributed by atoms with van der Waals surface area (Å²) in [6.45, 7) is 7.01. The van der Waals surface area contributed by atoms with Crippen LogP contribution in [0.4, 0.5) is 5.69 Å². The summed E-state index contributed by atoms with van der Waals surface area (Å²) in [4.78, 5) is 24.0. The van der Waals surface area contributed by atoms with Gasteiger partial charge in [0.15, 0.2) is 6.61 Å². The van der Waals surface area contributed by atoms with Crippen LogP contribution in [0, 0.1) is 0 Å². The summed E-state index contributed by atoms with van der Waals surface area (Å²) in [5.74, 6) is 0.288. The van der Waals surface area contributed by atoms with Crippen molar-refractivity contribution in [1.82, 2.24) is 5.32 Å². The molecule has 26 heavy (non-hydrogen) atoms. The highest BCUT2D eigenvalue weighted by molar-refractivity contribution is 5.99. The maximum atomic E-state index is 12.1. The number of anilines is 1. The number of hydrogen-bond donors (Lipinski definition) is 2. The maximum Gasteiger partial charge on any atom is 0.262 e. The Labute approximate surface area is 153 Å². The molecule has 1 aliphatic heterocycles. The zero-order valence-corrected chi connectivity index (χ0v) is 15.4. The second-order valence-electron chi connectivity index (χ2n) is 7.49. The van der Waals surface area contributed by atoms with E-state index in [1.165, 1.54) is 5.56 Å². The molecule has 0 unspecified atom stereocenters. The minimum Gasteiger partial charge on any atom is -0.484 e. The van der Waals surface area contributed by atoms with Crippen LogP contribution in [0.3, 0.4) is 0 Å². The van der Waals surface area contributed by atoms with Crippen molar-refractivity contribution in [1.29, 1.82) is 0 Å². The van der Waals surface area contributed by atoms with E-state index in [0.29, 0.717) is 23.5 Å². The SMILES string of the molecule is CC(C)(C)c1ccc(OCC(=O)Nc2ccc3c(c2)C(=O)NCC3)cc1. The van der Waals surface area contributed by atoms with Crippen LogP contribution in [0.2, 0.25) is 0 Å². The summed E-state index contributed by atoms with van der Waals surface area (Å²) in [5.41, 5.74) is 3.50. The topological polar surface area (TPSA) is 67.4 Å². The van der Waals surface area contributed by atoms with Crippen LogP contribution >= 0.6 is 0 Å². The fraction of sp³-hybridized carbons (Fsp3) is 0.333. The first kappa shape index (κ1) is 18.0. The minimum atomic E-state index is -0.263. The molecule has 0 radical (unpaired) electrons. The number of nitrogens with one attached hydrogen (secondary N) is 2. The molecule has 0 atom stereocenters. The molecule has 3 rings (SSSR count). The molecule has 2 N–H and O–H groups in total. The highest BCUT2D eigenvalue weighted by atomic mass is 16.5. The molecule has 1 aliphatic rings. The van der Waals surface area contributed by atoms with Crippen molar-refractivity contribution < 1.29 is 14.3 Å². The van der Waals surface area contributed by atoms with Crippen molar-refractivity contribution >= 4 is 17.5 Å². The lowest BCUT2D eigenvalue weighted by Crippen LogP contribution is -2.32. The quantitative estimate of drug-likeness (QED) is 0.887. The number of carbonyl (C=O) groups is 2. The Bertz CT molecular complexity index is 820. The normalized spacial score (nSPS) is 13.6. The van der Waals surface area contributed by atoms with Gasteiger partial charge in [-0.05, 0) is 47.2 Å². The summed E-state index contributed by atoms with van der Waals surface area (Å²) in [7, 11) is 0. The number of hydrogen-bond acceptors (Lipinski definition) is 3. The molecular formula is C21H24N2O3. The number of ether oxygens (including phenoxy) is 1.